The standard InChI is InChI=1S/C15H20O4/c1-15(2,3)19-13(16)10-11-5-4-6-12(9-11)14-17-7-8-18-14/h4-6,9,14H,7-8,10H2,1-3H3. The maximum Gasteiger partial charge on any atom is 0.310 e. The first-order valence-electron chi connectivity index (χ1n) is 6.48. The number of carbonyl (C=O) groups is 1. The highest BCUT2D eigenvalue weighted by Gasteiger charge is 2.20. The number of ether oxygens (including phenoxy) is 3. The van der Waals surface area contributed by atoms with Crippen LogP contribution in [0.15, 0.2) is 24.3 Å². The Hall–Kier alpha value is -1.39. The number of rotatable bonds is 3. The van der Waals surface area contributed by atoms with E-state index in [1.54, 1.807) is 0 Å². The summed E-state index contributed by atoms with van der Waals surface area (Å²) in [7, 11) is 0. The maximum atomic E-state index is 11.8. The van der Waals surface area contributed by atoms with Gasteiger partial charge in [-0.05, 0) is 26.3 Å². The molecule has 1 aliphatic heterocycles. The molecule has 0 aliphatic carbocycles. The minimum absolute atomic E-state index is 0.224. The Morgan fingerprint density at radius 3 is 2.63 bits per heavy atom. The number of hydrogen-bond acceptors (Lipinski definition) is 4. The minimum Gasteiger partial charge on any atom is -0.460 e. The van der Waals surface area contributed by atoms with Gasteiger partial charge in [-0.3, -0.25) is 4.79 Å². The Kier molecular flexibility index (Phi) is 4.22. The summed E-state index contributed by atoms with van der Waals surface area (Å²) >= 11 is 0. The molecule has 19 heavy (non-hydrogen) atoms. The summed E-state index contributed by atoms with van der Waals surface area (Å²) in [5, 5.41) is 0. The molecule has 0 aromatic heterocycles. The monoisotopic (exact) mass is 264 g/mol. The van der Waals surface area contributed by atoms with Crippen molar-refractivity contribution in [3.8, 4) is 0 Å². The van der Waals surface area contributed by atoms with Crippen molar-refractivity contribution in [2.24, 2.45) is 0 Å². The molecule has 1 fully saturated rings. The van der Waals surface area contributed by atoms with Gasteiger partial charge in [0.25, 0.3) is 0 Å². The van der Waals surface area contributed by atoms with Gasteiger partial charge in [0.2, 0.25) is 0 Å². The fourth-order valence-electron chi connectivity index (χ4n) is 1.94. The smallest absolute Gasteiger partial charge is 0.310 e. The molecule has 0 N–H and O–H groups in total. The molecule has 104 valence electrons. The summed E-state index contributed by atoms with van der Waals surface area (Å²) in [5.74, 6) is -0.224. The molecule has 4 nitrogen and oxygen atoms in total. The van der Waals surface area contributed by atoms with E-state index < -0.39 is 5.60 Å². The van der Waals surface area contributed by atoms with E-state index >= 15 is 0 Å². The molecular weight excluding hydrogens is 244 g/mol. The van der Waals surface area contributed by atoms with E-state index in [0.717, 1.165) is 11.1 Å². The number of hydrogen-bond donors (Lipinski definition) is 0. The molecule has 0 unspecified atom stereocenters. The van der Waals surface area contributed by atoms with Crippen molar-refractivity contribution < 1.29 is 19.0 Å². The SMILES string of the molecule is CC(C)(C)OC(=O)Cc1cccc(C2OCCO2)c1. The quantitative estimate of drug-likeness (QED) is 0.787. The van der Waals surface area contributed by atoms with Crippen molar-refractivity contribution in [2.75, 3.05) is 13.2 Å². The second-order valence-corrected chi connectivity index (χ2v) is 5.58. The molecular formula is C15H20O4. The van der Waals surface area contributed by atoms with Gasteiger partial charge >= 0.3 is 5.97 Å². The van der Waals surface area contributed by atoms with E-state index in [1.165, 1.54) is 0 Å². The van der Waals surface area contributed by atoms with E-state index in [9.17, 15) is 4.79 Å². The van der Waals surface area contributed by atoms with Crippen LogP contribution >= 0.6 is 0 Å². The van der Waals surface area contributed by atoms with Gasteiger partial charge in [-0.25, -0.2) is 0 Å². The fourth-order valence-corrected chi connectivity index (χ4v) is 1.94. The zero-order chi connectivity index (χ0) is 13.9. The van der Waals surface area contributed by atoms with Crippen LogP contribution in [0.3, 0.4) is 0 Å². The lowest BCUT2D eigenvalue weighted by Gasteiger charge is -2.19. The second kappa shape index (κ2) is 5.72. The van der Waals surface area contributed by atoms with Crippen LogP contribution in [-0.2, 0) is 25.4 Å². The molecule has 0 atom stereocenters. The molecule has 1 saturated heterocycles. The molecule has 1 heterocycles. The van der Waals surface area contributed by atoms with Crippen LogP contribution < -0.4 is 0 Å². The summed E-state index contributed by atoms with van der Waals surface area (Å²) in [6.45, 7) is 6.81. The summed E-state index contributed by atoms with van der Waals surface area (Å²) in [5.41, 5.74) is 1.40. The predicted octanol–water partition coefficient (Wildman–Crippen LogP) is 2.62. The van der Waals surface area contributed by atoms with E-state index in [4.69, 9.17) is 14.2 Å². The topological polar surface area (TPSA) is 44.8 Å². The van der Waals surface area contributed by atoms with Crippen LogP contribution in [0.5, 0.6) is 0 Å². The molecule has 1 aliphatic rings. The van der Waals surface area contributed by atoms with Crippen LogP contribution in [0.4, 0.5) is 0 Å². The summed E-state index contributed by atoms with van der Waals surface area (Å²) in [6, 6.07) is 7.68. The summed E-state index contributed by atoms with van der Waals surface area (Å²) in [4.78, 5) is 11.8. The van der Waals surface area contributed by atoms with Gasteiger partial charge in [0.05, 0.1) is 19.6 Å². The van der Waals surface area contributed by atoms with Crippen LogP contribution in [0.2, 0.25) is 0 Å². The Morgan fingerprint density at radius 2 is 2.00 bits per heavy atom. The number of benzene rings is 1. The predicted molar refractivity (Wildman–Crippen MR) is 70.6 cm³/mol. The van der Waals surface area contributed by atoms with Crippen molar-refractivity contribution in [2.45, 2.75) is 39.1 Å². The molecule has 0 amide bonds. The molecule has 4 heteroatoms. The number of esters is 1. The lowest BCUT2D eigenvalue weighted by atomic mass is 10.1. The highest BCUT2D eigenvalue weighted by Crippen LogP contribution is 2.24. The average molecular weight is 264 g/mol. The Balaban J connectivity index is 2.00. The van der Waals surface area contributed by atoms with Crippen molar-refractivity contribution in [1.29, 1.82) is 0 Å². The highest BCUT2D eigenvalue weighted by atomic mass is 16.7. The van der Waals surface area contributed by atoms with Gasteiger partial charge in [-0.1, -0.05) is 24.3 Å². The summed E-state index contributed by atoms with van der Waals surface area (Å²) < 4.78 is 16.2. The van der Waals surface area contributed by atoms with E-state index in [0.29, 0.717) is 13.2 Å². The van der Waals surface area contributed by atoms with Crippen molar-refractivity contribution in [3.05, 3.63) is 35.4 Å². The fraction of sp³-hybridized carbons (Fsp3) is 0.533. The van der Waals surface area contributed by atoms with Crippen molar-refractivity contribution >= 4 is 5.97 Å². The zero-order valence-corrected chi connectivity index (χ0v) is 11.6. The highest BCUT2D eigenvalue weighted by molar-refractivity contribution is 5.73. The minimum atomic E-state index is -0.452. The van der Waals surface area contributed by atoms with Gasteiger partial charge in [-0.2, -0.15) is 0 Å². The van der Waals surface area contributed by atoms with E-state index in [-0.39, 0.29) is 18.7 Å². The first kappa shape index (κ1) is 14.0. The van der Waals surface area contributed by atoms with Gasteiger partial charge in [0.15, 0.2) is 6.29 Å². The third-order valence-electron chi connectivity index (χ3n) is 2.61. The Morgan fingerprint density at radius 1 is 1.32 bits per heavy atom. The summed E-state index contributed by atoms with van der Waals surface area (Å²) in [6.07, 6.45) is -0.0451. The normalized spacial score (nSPS) is 16.6. The molecule has 1 aromatic carbocycles. The molecule has 2 rings (SSSR count). The third kappa shape index (κ3) is 4.33. The van der Waals surface area contributed by atoms with Crippen LogP contribution in [0, 0.1) is 0 Å². The average Bonchev–Trinajstić information content (AvgIpc) is 2.79. The Bertz CT molecular complexity index is 442. The molecule has 0 saturated carbocycles. The van der Waals surface area contributed by atoms with Crippen LogP contribution in [0.25, 0.3) is 0 Å². The van der Waals surface area contributed by atoms with Crippen LogP contribution in [-0.4, -0.2) is 24.8 Å². The van der Waals surface area contributed by atoms with Gasteiger partial charge in [0, 0.05) is 5.56 Å². The van der Waals surface area contributed by atoms with Gasteiger partial charge in [-0.15, -0.1) is 0 Å². The third-order valence-corrected chi connectivity index (χ3v) is 2.61. The molecule has 0 radical (unpaired) electrons. The lowest BCUT2D eigenvalue weighted by molar-refractivity contribution is -0.153. The van der Waals surface area contributed by atoms with E-state index in [2.05, 4.69) is 0 Å². The largest absolute Gasteiger partial charge is 0.460 e. The maximum absolute atomic E-state index is 11.8. The van der Waals surface area contributed by atoms with E-state index in [1.807, 2.05) is 45.0 Å². The van der Waals surface area contributed by atoms with Crippen molar-refractivity contribution in [1.82, 2.24) is 0 Å². The first-order chi connectivity index (χ1) is 8.94. The van der Waals surface area contributed by atoms with Crippen molar-refractivity contribution in [3.63, 3.8) is 0 Å². The lowest BCUT2D eigenvalue weighted by Crippen LogP contribution is -2.24. The molecule has 0 bridgehead atoms. The first-order valence-corrected chi connectivity index (χ1v) is 6.48. The number of carbonyl (C=O) groups excluding carboxylic acids is 1. The van der Waals surface area contributed by atoms with Gasteiger partial charge in [0.1, 0.15) is 5.60 Å². The molecule has 0 spiro atoms. The van der Waals surface area contributed by atoms with Crippen LogP contribution in [0.1, 0.15) is 38.2 Å². The molecule has 1 aromatic rings. The zero-order valence-electron chi connectivity index (χ0n) is 11.6. The van der Waals surface area contributed by atoms with Gasteiger partial charge < -0.3 is 14.2 Å². The second-order valence-electron chi connectivity index (χ2n) is 5.58. The Labute approximate surface area is 113 Å².